The van der Waals surface area contributed by atoms with E-state index in [4.69, 9.17) is 0 Å². The molecule has 1 saturated heterocycles. The minimum absolute atomic E-state index is 0. The largest absolute Gasteiger partial charge is 0.391 e. The van der Waals surface area contributed by atoms with Crippen LogP contribution in [0.5, 0.6) is 0 Å². The highest BCUT2D eigenvalue weighted by molar-refractivity contribution is 7.09. The summed E-state index contributed by atoms with van der Waals surface area (Å²) >= 11 is 1.73. The first kappa shape index (κ1) is 16.9. The van der Waals surface area contributed by atoms with E-state index < -0.39 is 0 Å². The van der Waals surface area contributed by atoms with Gasteiger partial charge in [-0.25, -0.2) is 4.98 Å². The summed E-state index contributed by atoms with van der Waals surface area (Å²) in [6.07, 6.45) is -0.210. The van der Waals surface area contributed by atoms with Gasteiger partial charge >= 0.3 is 0 Å². The van der Waals surface area contributed by atoms with Gasteiger partial charge in [0, 0.05) is 42.9 Å². The Morgan fingerprint density at radius 2 is 2.21 bits per heavy atom. The third kappa shape index (κ3) is 4.68. The van der Waals surface area contributed by atoms with Crippen LogP contribution in [0.4, 0.5) is 0 Å². The lowest BCUT2D eigenvalue weighted by molar-refractivity contribution is 0.146. The van der Waals surface area contributed by atoms with Crippen LogP contribution in [0.3, 0.4) is 0 Å². The number of aromatic nitrogens is 1. The third-order valence-corrected chi connectivity index (χ3v) is 4.53. The summed E-state index contributed by atoms with van der Waals surface area (Å²) < 4.78 is 0. The highest BCUT2D eigenvalue weighted by Crippen LogP contribution is 2.25. The molecule has 2 rings (SSSR count). The van der Waals surface area contributed by atoms with Crippen LogP contribution in [0, 0.1) is 5.92 Å². The van der Waals surface area contributed by atoms with Crippen LogP contribution in [-0.2, 0) is 12.0 Å². The van der Waals surface area contributed by atoms with Gasteiger partial charge in [-0.3, -0.25) is 0 Å². The van der Waals surface area contributed by atoms with E-state index in [1.807, 2.05) is 0 Å². The Morgan fingerprint density at radius 1 is 1.47 bits per heavy atom. The Bertz CT molecular complexity index is 391. The number of nitrogens with one attached hydrogen (secondary N) is 2. The number of hydrogen-bond donors (Lipinski definition) is 3. The second-order valence-electron chi connectivity index (χ2n) is 6.01. The molecule has 1 aliphatic rings. The van der Waals surface area contributed by atoms with E-state index >= 15 is 0 Å². The van der Waals surface area contributed by atoms with Gasteiger partial charge in [-0.2, -0.15) is 0 Å². The van der Waals surface area contributed by atoms with Crippen molar-refractivity contribution in [1.29, 1.82) is 0 Å². The molecular weight excluding hydrogens is 282 g/mol. The quantitative estimate of drug-likeness (QED) is 0.790. The van der Waals surface area contributed by atoms with Crippen molar-refractivity contribution in [3.63, 3.8) is 0 Å². The molecule has 2 atom stereocenters. The first-order valence-corrected chi connectivity index (χ1v) is 7.39. The molecule has 2 heterocycles. The topological polar surface area (TPSA) is 57.2 Å². The van der Waals surface area contributed by atoms with Crippen LogP contribution in [0.15, 0.2) is 5.38 Å². The predicted molar refractivity (Wildman–Crippen MR) is 82.1 cm³/mol. The lowest BCUT2D eigenvalue weighted by atomic mass is 9.98. The first-order valence-electron chi connectivity index (χ1n) is 6.51. The molecule has 2 unspecified atom stereocenters. The zero-order valence-electron chi connectivity index (χ0n) is 11.8. The SMILES string of the molecule is CC(C)(C)c1nc(CNCC2CNCC2O)cs1.Cl. The van der Waals surface area contributed by atoms with Crippen LogP contribution in [-0.4, -0.2) is 35.8 Å². The monoisotopic (exact) mass is 305 g/mol. The van der Waals surface area contributed by atoms with Gasteiger partial charge in [0.25, 0.3) is 0 Å². The van der Waals surface area contributed by atoms with Crippen LogP contribution >= 0.6 is 23.7 Å². The van der Waals surface area contributed by atoms with Gasteiger partial charge in [-0.15, -0.1) is 23.7 Å². The summed E-state index contributed by atoms with van der Waals surface area (Å²) in [6, 6.07) is 0. The van der Waals surface area contributed by atoms with Crippen molar-refractivity contribution in [2.24, 2.45) is 5.92 Å². The number of thiazole rings is 1. The van der Waals surface area contributed by atoms with Gasteiger partial charge in [-0.05, 0) is 0 Å². The Hall–Kier alpha value is -0.200. The summed E-state index contributed by atoms with van der Waals surface area (Å²) in [5, 5.41) is 19.6. The smallest absolute Gasteiger partial charge is 0.0982 e. The number of aliphatic hydroxyl groups excluding tert-OH is 1. The molecule has 0 radical (unpaired) electrons. The third-order valence-electron chi connectivity index (χ3n) is 3.21. The fourth-order valence-electron chi connectivity index (χ4n) is 2.05. The Kier molecular flexibility index (Phi) is 6.20. The maximum atomic E-state index is 9.68. The van der Waals surface area contributed by atoms with Crippen molar-refractivity contribution in [1.82, 2.24) is 15.6 Å². The van der Waals surface area contributed by atoms with Crippen molar-refractivity contribution in [2.45, 2.75) is 38.8 Å². The molecule has 4 nitrogen and oxygen atoms in total. The zero-order valence-corrected chi connectivity index (χ0v) is 13.4. The zero-order chi connectivity index (χ0) is 13.2. The lowest BCUT2D eigenvalue weighted by Crippen LogP contribution is -2.30. The number of rotatable bonds is 4. The predicted octanol–water partition coefficient (Wildman–Crippen LogP) is 1.53. The van der Waals surface area contributed by atoms with Crippen molar-refractivity contribution in [2.75, 3.05) is 19.6 Å². The van der Waals surface area contributed by atoms with E-state index in [2.05, 4.69) is 41.8 Å². The maximum Gasteiger partial charge on any atom is 0.0982 e. The van der Waals surface area contributed by atoms with E-state index in [-0.39, 0.29) is 23.9 Å². The number of nitrogens with zero attached hydrogens (tertiary/aromatic N) is 1. The molecule has 1 aromatic heterocycles. The van der Waals surface area contributed by atoms with Gasteiger partial charge in [0.05, 0.1) is 16.8 Å². The number of halogens is 1. The molecule has 0 amide bonds. The number of β-amino-alcohol motifs (C(OH)–C–C–N with tert-alkyl or cyclic N) is 1. The van der Waals surface area contributed by atoms with Gasteiger partial charge in [0.2, 0.25) is 0 Å². The van der Waals surface area contributed by atoms with Crippen molar-refractivity contribution in [3.8, 4) is 0 Å². The van der Waals surface area contributed by atoms with E-state index in [1.54, 1.807) is 11.3 Å². The number of aliphatic hydroxyl groups is 1. The second-order valence-corrected chi connectivity index (χ2v) is 6.87. The number of hydrogen-bond acceptors (Lipinski definition) is 5. The van der Waals surface area contributed by atoms with E-state index in [1.165, 1.54) is 5.01 Å². The summed E-state index contributed by atoms with van der Waals surface area (Å²) in [4.78, 5) is 4.64. The molecule has 0 aliphatic carbocycles. The normalized spacial score (nSPS) is 23.4. The molecule has 0 bridgehead atoms. The highest BCUT2D eigenvalue weighted by atomic mass is 35.5. The van der Waals surface area contributed by atoms with Gasteiger partial charge in [0.1, 0.15) is 0 Å². The molecule has 110 valence electrons. The Morgan fingerprint density at radius 3 is 2.74 bits per heavy atom. The van der Waals surface area contributed by atoms with E-state index in [0.717, 1.165) is 31.9 Å². The molecule has 19 heavy (non-hydrogen) atoms. The molecule has 1 fully saturated rings. The Balaban J connectivity index is 0.00000180. The van der Waals surface area contributed by atoms with E-state index in [0.29, 0.717) is 5.92 Å². The maximum absolute atomic E-state index is 9.68. The molecule has 6 heteroatoms. The summed E-state index contributed by atoms with van der Waals surface area (Å²) in [6.45, 7) is 9.80. The molecule has 0 saturated carbocycles. The van der Waals surface area contributed by atoms with Crippen molar-refractivity contribution < 1.29 is 5.11 Å². The standard InChI is InChI=1S/C13H23N3OS.ClH/c1-13(2,3)12-16-10(8-18-12)6-14-4-9-5-15-7-11(9)17;/h8-9,11,14-15,17H,4-7H2,1-3H3;1H. The molecule has 1 aromatic rings. The summed E-state index contributed by atoms with van der Waals surface area (Å²) in [5.41, 5.74) is 1.24. The van der Waals surface area contributed by atoms with Crippen LogP contribution < -0.4 is 10.6 Å². The average Bonchev–Trinajstić information content (AvgIpc) is 2.88. The molecule has 1 aliphatic heterocycles. The molecule has 3 N–H and O–H groups in total. The minimum atomic E-state index is -0.210. The van der Waals surface area contributed by atoms with Gasteiger partial charge in [-0.1, -0.05) is 20.8 Å². The van der Waals surface area contributed by atoms with Crippen molar-refractivity contribution >= 4 is 23.7 Å². The first-order chi connectivity index (χ1) is 8.47. The van der Waals surface area contributed by atoms with Gasteiger partial charge in [0.15, 0.2) is 0 Å². The van der Waals surface area contributed by atoms with Crippen molar-refractivity contribution in [3.05, 3.63) is 16.1 Å². The summed E-state index contributed by atoms with van der Waals surface area (Å²) in [5.74, 6) is 0.325. The summed E-state index contributed by atoms with van der Waals surface area (Å²) in [7, 11) is 0. The lowest BCUT2D eigenvalue weighted by Gasteiger charge is -2.14. The van der Waals surface area contributed by atoms with Gasteiger partial charge < -0.3 is 15.7 Å². The molecule has 0 aromatic carbocycles. The van der Waals surface area contributed by atoms with Crippen LogP contribution in [0.2, 0.25) is 0 Å². The van der Waals surface area contributed by atoms with Crippen LogP contribution in [0.1, 0.15) is 31.5 Å². The minimum Gasteiger partial charge on any atom is -0.391 e. The Labute approximate surface area is 125 Å². The van der Waals surface area contributed by atoms with E-state index in [9.17, 15) is 5.11 Å². The fraction of sp³-hybridized carbons (Fsp3) is 0.769. The fourth-order valence-corrected chi connectivity index (χ4v) is 2.95. The molecular formula is C13H24ClN3OS. The second kappa shape index (κ2) is 6.99. The molecule has 0 spiro atoms. The van der Waals surface area contributed by atoms with Crippen LogP contribution in [0.25, 0.3) is 0 Å². The highest BCUT2D eigenvalue weighted by Gasteiger charge is 2.24. The average molecular weight is 306 g/mol.